The quantitative estimate of drug-likeness (QED) is 0.910. The minimum absolute atomic E-state index is 0.243. The molecule has 1 atom stereocenters. The first-order valence-electron chi connectivity index (χ1n) is 5.37. The topological polar surface area (TPSA) is 29.3 Å². The second-order valence-electron chi connectivity index (χ2n) is 3.94. The van der Waals surface area contributed by atoms with Gasteiger partial charge in [0.15, 0.2) is 0 Å². The Morgan fingerprint density at radius 3 is 2.76 bits per heavy atom. The lowest BCUT2D eigenvalue weighted by Gasteiger charge is -2.25. The van der Waals surface area contributed by atoms with Crippen LogP contribution in [0.2, 0.25) is 4.34 Å². The summed E-state index contributed by atoms with van der Waals surface area (Å²) in [5.41, 5.74) is 7.20. The van der Waals surface area contributed by atoms with E-state index in [4.69, 9.17) is 17.3 Å². The summed E-state index contributed by atoms with van der Waals surface area (Å²) in [5, 5.41) is 4.27. The molecule has 0 saturated carbocycles. The predicted octanol–water partition coefficient (Wildman–Crippen LogP) is 3.59. The number of rotatable bonds is 5. The van der Waals surface area contributed by atoms with Gasteiger partial charge in [0, 0.05) is 18.0 Å². The molecule has 0 fully saturated rings. The Morgan fingerprint density at radius 1 is 1.41 bits per heavy atom. The van der Waals surface area contributed by atoms with Crippen LogP contribution in [0.15, 0.2) is 29.0 Å². The zero-order valence-electron chi connectivity index (χ0n) is 9.60. The number of nitrogens with zero attached hydrogens (tertiary/aromatic N) is 1. The zero-order chi connectivity index (χ0) is 12.3. The van der Waals surface area contributed by atoms with Crippen LogP contribution in [-0.2, 0) is 6.54 Å². The number of thiophene rings is 2. The minimum Gasteiger partial charge on any atom is -0.329 e. The number of nitrogens with two attached hydrogens (primary N) is 1. The van der Waals surface area contributed by atoms with Crippen molar-refractivity contribution in [2.24, 2.45) is 5.73 Å². The highest BCUT2D eigenvalue weighted by Crippen LogP contribution is 2.30. The van der Waals surface area contributed by atoms with Gasteiger partial charge in [-0.15, -0.1) is 11.3 Å². The van der Waals surface area contributed by atoms with Gasteiger partial charge in [0.25, 0.3) is 0 Å². The molecule has 2 rings (SSSR count). The molecule has 92 valence electrons. The molecule has 0 radical (unpaired) electrons. The molecule has 1 unspecified atom stereocenters. The van der Waals surface area contributed by atoms with Gasteiger partial charge in [0.1, 0.15) is 0 Å². The molecule has 5 heteroatoms. The van der Waals surface area contributed by atoms with Crippen molar-refractivity contribution in [3.8, 4) is 0 Å². The Bertz CT molecular complexity index is 453. The molecule has 0 saturated heterocycles. The lowest BCUT2D eigenvalue weighted by Crippen LogP contribution is -2.29. The van der Waals surface area contributed by atoms with E-state index in [1.165, 1.54) is 10.4 Å². The van der Waals surface area contributed by atoms with Gasteiger partial charge in [-0.1, -0.05) is 11.6 Å². The highest BCUT2D eigenvalue weighted by Gasteiger charge is 2.17. The molecule has 0 aliphatic carbocycles. The normalized spacial score (nSPS) is 13.2. The monoisotopic (exact) mass is 286 g/mol. The van der Waals surface area contributed by atoms with Crippen molar-refractivity contribution in [3.05, 3.63) is 43.7 Å². The summed E-state index contributed by atoms with van der Waals surface area (Å²) < 4.78 is 0.822. The summed E-state index contributed by atoms with van der Waals surface area (Å²) in [4.78, 5) is 3.50. The molecule has 0 aliphatic rings. The van der Waals surface area contributed by atoms with Gasteiger partial charge >= 0.3 is 0 Å². The maximum absolute atomic E-state index is 5.97. The fraction of sp³-hybridized carbons (Fsp3) is 0.333. The summed E-state index contributed by atoms with van der Waals surface area (Å²) in [5.74, 6) is 0. The van der Waals surface area contributed by atoms with Crippen molar-refractivity contribution >= 4 is 34.3 Å². The Morgan fingerprint density at radius 2 is 2.24 bits per heavy atom. The van der Waals surface area contributed by atoms with Crippen molar-refractivity contribution in [1.29, 1.82) is 0 Å². The Labute approximate surface area is 115 Å². The highest BCUT2D eigenvalue weighted by atomic mass is 35.5. The van der Waals surface area contributed by atoms with Crippen molar-refractivity contribution in [2.45, 2.75) is 12.6 Å². The number of hydrogen-bond donors (Lipinski definition) is 1. The smallest absolute Gasteiger partial charge is 0.0931 e. The average molecular weight is 287 g/mol. The summed E-state index contributed by atoms with van der Waals surface area (Å²) >= 11 is 9.30. The standard InChI is InChI=1S/C12H15ClN2S2/c1-15(7-9-4-5-16-8-9)10(6-14)11-2-3-12(13)17-11/h2-5,8,10H,6-7,14H2,1H3. The molecular formula is C12H15ClN2S2. The first kappa shape index (κ1) is 13.1. The second kappa shape index (κ2) is 5.98. The van der Waals surface area contributed by atoms with E-state index in [9.17, 15) is 0 Å². The third kappa shape index (κ3) is 3.30. The fourth-order valence-electron chi connectivity index (χ4n) is 1.80. The maximum atomic E-state index is 5.97. The van der Waals surface area contributed by atoms with Gasteiger partial charge in [-0.3, -0.25) is 4.90 Å². The van der Waals surface area contributed by atoms with Crippen LogP contribution in [0.5, 0.6) is 0 Å². The third-order valence-electron chi connectivity index (χ3n) is 2.69. The van der Waals surface area contributed by atoms with E-state index in [1.54, 1.807) is 22.7 Å². The lowest BCUT2D eigenvalue weighted by atomic mass is 10.2. The maximum Gasteiger partial charge on any atom is 0.0931 e. The van der Waals surface area contributed by atoms with E-state index in [2.05, 4.69) is 34.8 Å². The fourth-order valence-corrected chi connectivity index (χ4v) is 3.70. The Kier molecular flexibility index (Phi) is 4.59. The van der Waals surface area contributed by atoms with E-state index in [0.717, 1.165) is 10.9 Å². The van der Waals surface area contributed by atoms with Crippen molar-refractivity contribution in [1.82, 2.24) is 4.90 Å². The molecule has 2 N–H and O–H groups in total. The van der Waals surface area contributed by atoms with Gasteiger partial charge < -0.3 is 5.73 Å². The molecule has 2 aromatic rings. The third-order valence-corrected chi connectivity index (χ3v) is 4.75. The van der Waals surface area contributed by atoms with Crippen LogP contribution in [0.25, 0.3) is 0 Å². The molecule has 17 heavy (non-hydrogen) atoms. The van der Waals surface area contributed by atoms with Gasteiger partial charge in [0.2, 0.25) is 0 Å². The molecule has 2 aromatic heterocycles. The van der Waals surface area contributed by atoms with E-state index in [1.807, 2.05) is 6.07 Å². The van der Waals surface area contributed by atoms with Crippen LogP contribution in [0.4, 0.5) is 0 Å². The molecular weight excluding hydrogens is 272 g/mol. The summed E-state index contributed by atoms with van der Waals surface area (Å²) in [6.07, 6.45) is 0. The van der Waals surface area contributed by atoms with E-state index < -0.39 is 0 Å². The number of hydrogen-bond acceptors (Lipinski definition) is 4. The molecule has 0 spiro atoms. The molecule has 0 amide bonds. The molecule has 0 aliphatic heterocycles. The van der Waals surface area contributed by atoms with Gasteiger partial charge in [0.05, 0.1) is 10.4 Å². The summed E-state index contributed by atoms with van der Waals surface area (Å²) in [7, 11) is 2.10. The molecule has 2 heterocycles. The molecule has 0 aromatic carbocycles. The molecule has 0 bridgehead atoms. The van der Waals surface area contributed by atoms with Crippen molar-refractivity contribution in [3.63, 3.8) is 0 Å². The minimum atomic E-state index is 0.243. The van der Waals surface area contributed by atoms with Gasteiger partial charge in [-0.25, -0.2) is 0 Å². The van der Waals surface area contributed by atoms with Crippen LogP contribution in [-0.4, -0.2) is 18.5 Å². The highest BCUT2D eigenvalue weighted by molar-refractivity contribution is 7.16. The van der Waals surface area contributed by atoms with Gasteiger partial charge in [-0.2, -0.15) is 11.3 Å². The lowest BCUT2D eigenvalue weighted by molar-refractivity contribution is 0.245. The van der Waals surface area contributed by atoms with Crippen LogP contribution >= 0.6 is 34.3 Å². The number of halogens is 1. The van der Waals surface area contributed by atoms with Crippen LogP contribution in [0.3, 0.4) is 0 Å². The Balaban J connectivity index is 2.07. The van der Waals surface area contributed by atoms with E-state index >= 15 is 0 Å². The SMILES string of the molecule is CN(Cc1ccsc1)C(CN)c1ccc(Cl)s1. The summed E-state index contributed by atoms with van der Waals surface area (Å²) in [6, 6.07) is 6.39. The van der Waals surface area contributed by atoms with Gasteiger partial charge in [-0.05, 0) is 41.6 Å². The zero-order valence-corrected chi connectivity index (χ0v) is 12.0. The second-order valence-corrected chi connectivity index (χ2v) is 6.47. The van der Waals surface area contributed by atoms with Crippen LogP contribution in [0.1, 0.15) is 16.5 Å². The van der Waals surface area contributed by atoms with E-state index in [0.29, 0.717) is 6.54 Å². The molecule has 2 nitrogen and oxygen atoms in total. The van der Waals surface area contributed by atoms with E-state index in [-0.39, 0.29) is 6.04 Å². The van der Waals surface area contributed by atoms with Crippen LogP contribution in [0, 0.1) is 0 Å². The average Bonchev–Trinajstić information content (AvgIpc) is 2.91. The van der Waals surface area contributed by atoms with Crippen molar-refractivity contribution < 1.29 is 0 Å². The predicted molar refractivity (Wildman–Crippen MR) is 76.9 cm³/mol. The first-order chi connectivity index (χ1) is 8.20. The summed E-state index contributed by atoms with van der Waals surface area (Å²) in [6.45, 7) is 1.53. The largest absolute Gasteiger partial charge is 0.329 e. The first-order valence-corrected chi connectivity index (χ1v) is 7.51. The Hall–Kier alpha value is -0.390. The van der Waals surface area contributed by atoms with Crippen molar-refractivity contribution in [2.75, 3.05) is 13.6 Å². The van der Waals surface area contributed by atoms with Crippen LogP contribution < -0.4 is 5.73 Å². The number of likely N-dealkylation sites (N-methyl/N-ethyl adjacent to an activating group) is 1.